The maximum Gasteiger partial charge on any atom is 0.251 e. The monoisotopic (exact) mass is 324 g/mol. The van der Waals surface area contributed by atoms with Gasteiger partial charge in [0.1, 0.15) is 0 Å². The van der Waals surface area contributed by atoms with Gasteiger partial charge in [0.05, 0.1) is 6.10 Å². The number of aliphatic hydroxyl groups excluding tert-OH is 1. The molecule has 4 heteroatoms. The van der Waals surface area contributed by atoms with Crippen molar-refractivity contribution in [3.8, 4) is 0 Å². The molecule has 4 rings (SSSR count). The number of rotatable bonds is 3. The van der Waals surface area contributed by atoms with E-state index in [0.717, 1.165) is 55.1 Å². The van der Waals surface area contributed by atoms with Gasteiger partial charge in [-0.25, -0.2) is 0 Å². The van der Waals surface area contributed by atoms with E-state index in [1.165, 1.54) is 0 Å². The van der Waals surface area contributed by atoms with Crippen LogP contribution in [0, 0.1) is 0 Å². The Hall–Kier alpha value is -1.91. The number of hydrogen-bond donors (Lipinski definition) is 2. The van der Waals surface area contributed by atoms with Crippen LogP contribution in [0.3, 0.4) is 0 Å². The molecule has 2 aromatic carbocycles. The predicted molar refractivity (Wildman–Crippen MR) is 95.0 cm³/mol. The zero-order valence-electron chi connectivity index (χ0n) is 13.8. The molecule has 24 heavy (non-hydrogen) atoms. The van der Waals surface area contributed by atoms with Gasteiger partial charge in [-0.05, 0) is 48.6 Å². The van der Waals surface area contributed by atoms with E-state index in [9.17, 15) is 9.90 Å². The average molecular weight is 324 g/mol. The summed E-state index contributed by atoms with van der Waals surface area (Å²) in [5.41, 5.74) is 0.723. The van der Waals surface area contributed by atoms with E-state index in [1.807, 2.05) is 36.4 Å². The molecule has 0 radical (unpaired) electrons. The molecule has 1 aliphatic heterocycles. The molecule has 1 amide bonds. The number of amides is 1. The fourth-order valence-corrected chi connectivity index (χ4v) is 4.20. The van der Waals surface area contributed by atoms with Gasteiger partial charge in [0, 0.05) is 30.7 Å². The van der Waals surface area contributed by atoms with E-state index in [2.05, 4.69) is 16.3 Å². The number of carbonyl (C=O) groups excluding carboxylic acids is 1. The quantitative estimate of drug-likeness (QED) is 0.912. The zero-order valence-corrected chi connectivity index (χ0v) is 13.8. The number of nitrogens with one attached hydrogen (secondary N) is 1. The van der Waals surface area contributed by atoms with Gasteiger partial charge in [0.15, 0.2) is 0 Å². The van der Waals surface area contributed by atoms with Crippen LogP contribution < -0.4 is 5.32 Å². The lowest BCUT2D eigenvalue weighted by Crippen LogP contribution is -2.48. The largest absolute Gasteiger partial charge is 0.392 e. The second kappa shape index (κ2) is 6.54. The number of aliphatic hydroxyl groups is 1. The number of benzene rings is 2. The molecule has 2 N–H and O–H groups in total. The number of carbonyl (C=O) groups is 1. The number of hydrogen-bond acceptors (Lipinski definition) is 3. The maximum absolute atomic E-state index is 12.7. The van der Waals surface area contributed by atoms with Crippen molar-refractivity contribution in [3.63, 3.8) is 0 Å². The van der Waals surface area contributed by atoms with Crippen molar-refractivity contribution in [3.05, 3.63) is 48.0 Å². The highest BCUT2D eigenvalue weighted by atomic mass is 16.3. The number of nitrogens with zero attached hydrogens (tertiary/aromatic N) is 1. The molecule has 2 fully saturated rings. The van der Waals surface area contributed by atoms with Crippen molar-refractivity contribution < 1.29 is 9.90 Å². The molecule has 2 aromatic rings. The van der Waals surface area contributed by atoms with Gasteiger partial charge < -0.3 is 10.4 Å². The predicted octanol–water partition coefficient (Wildman–Crippen LogP) is 2.56. The molecule has 126 valence electrons. The Balaban J connectivity index is 1.48. The molecule has 0 aromatic heterocycles. The Morgan fingerprint density at radius 2 is 1.92 bits per heavy atom. The maximum atomic E-state index is 12.7. The van der Waals surface area contributed by atoms with Crippen LogP contribution in [0.1, 0.15) is 36.0 Å². The van der Waals surface area contributed by atoms with Crippen LogP contribution in [0.15, 0.2) is 42.5 Å². The molecule has 0 spiro atoms. The van der Waals surface area contributed by atoms with Crippen LogP contribution in [-0.2, 0) is 0 Å². The minimum Gasteiger partial charge on any atom is -0.392 e. The van der Waals surface area contributed by atoms with Crippen LogP contribution in [0.5, 0.6) is 0 Å². The zero-order chi connectivity index (χ0) is 16.5. The summed E-state index contributed by atoms with van der Waals surface area (Å²) in [6.07, 6.45) is 3.91. The first-order valence-corrected chi connectivity index (χ1v) is 8.92. The smallest absolute Gasteiger partial charge is 0.251 e. The van der Waals surface area contributed by atoms with E-state index < -0.39 is 0 Å². The number of fused-ring (bicyclic) bond motifs is 1. The third-order valence-electron chi connectivity index (χ3n) is 5.47. The third kappa shape index (κ3) is 3.04. The summed E-state index contributed by atoms with van der Waals surface area (Å²) in [6.45, 7) is 1.68. The summed E-state index contributed by atoms with van der Waals surface area (Å²) >= 11 is 0. The van der Waals surface area contributed by atoms with Crippen LogP contribution in [0.4, 0.5) is 0 Å². The van der Waals surface area contributed by atoms with Gasteiger partial charge in [-0.1, -0.05) is 30.3 Å². The summed E-state index contributed by atoms with van der Waals surface area (Å²) in [5, 5.41) is 15.3. The molecule has 1 heterocycles. The van der Waals surface area contributed by atoms with E-state index in [0.29, 0.717) is 6.04 Å². The summed E-state index contributed by atoms with van der Waals surface area (Å²) in [6, 6.07) is 14.5. The highest BCUT2D eigenvalue weighted by molar-refractivity contribution is 5.98. The average Bonchev–Trinajstić information content (AvgIpc) is 3.23. The van der Waals surface area contributed by atoms with Gasteiger partial charge in [-0.2, -0.15) is 0 Å². The van der Waals surface area contributed by atoms with Crippen LogP contribution in [-0.4, -0.2) is 47.2 Å². The topological polar surface area (TPSA) is 52.6 Å². The van der Waals surface area contributed by atoms with Crippen molar-refractivity contribution in [2.24, 2.45) is 0 Å². The minimum absolute atomic E-state index is 0.0115. The summed E-state index contributed by atoms with van der Waals surface area (Å²) in [7, 11) is 0. The molecule has 1 saturated heterocycles. The number of likely N-dealkylation sites (tertiary alicyclic amines) is 1. The molecule has 1 aliphatic carbocycles. The van der Waals surface area contributed by atoms with E-state index >= 15 is 0 Å². The second-order valence-electron chi connectivity index (χ2n) is 7.08. The Morgan fingerprint density at radius 1 is 1.08 bits per heavy atom. The molecule has 3 atom stereocenters. The van der Waals surface area contributed by atoms with Gasteiger partial charge in [-0.3, -0.25) is 9.69 Å². The molecular weight excluding hydrogens is 300 g/mol. The molecule has 4 nitrogen and oxygen atoms in total. The first kappa shape index (κ1) is 15.6. The van der Waals surface area contributed by atoms with Crippen molar-refractivity contribution in [1.29, 1.82) is 0 Å². The second-order valence-corrected chi connectivity index (χ2v) is 7.08. The highest BCUT2D eigenvalue weighted by Crippen LogP contribution is 2.27. The van der Waals surface area contributed by atoms with E-state index in [-0.39, 0.29) is 18.1 Å². The summed E-state index contributed by atoms with van der Waals surface area (Å²) in [4.78, 5) is 15.0. The summed E-state index contributed by atoms with van der Waals surface area (Å²) < 4.78 is 0. The Labute approximate surface area is 142 Å². The molecular formula is C20H24N2O2. The molecule has 1 saturated carbocycles. The standard InChI is InChI=1S/C20H24N2O2/c23-17-10-11-22(13-17)19-7-3-6-18(19)21-20(24)16-9-8-14-4-1-2-5-15(14)12-16/h1-2,4-5,8-9,12,17-19,23H,3,6-7,10-11,13H2,(H,21,24)/t17?,18-,19+/m1/s1. The SMILES string of the molecule is O=C(N[C@@H]1CCC[C@@H]1N1CCC(O)C1)c1ccc2ccccc2c1. The molecule has 1 unspecified atom stereocenters. The van der Waals surface area contributed by atoms with Crippen LogP contribution in [0.25, 0.3) is 10.8 Å². The lowest BCUT2D eigenvalue weighted by Gasteiger charge is -2.29. The first-order chi connectivity index (χ1) is 11.7. The Morgan fingerprint density at radius 3 is 2.71 bits per heavy atom. The molecule has 0 bridgehead atoms. The third-order valence-corrected chi connectivity index (χ3v) is 5.47. The number of β-amino-alcohol motifs (C(OH)–C–C–N with tert-alkyl or cyclic N) is 1. The van der Waals surface area contributed by atoms with E-state index in [1.54, 1.807) is 0 Å². The first-order valence-electron chi connectivity index (χ1n) is 8.92. The van der Waals surface area contributed by atoms with Crippen LogP contribution in [0.2, 0.25) is 0 Å². The Bertz CT molecular complexity index is 745. The fourth-order valence-electron chi connectivity index (χ4n) is 4.20. The Kier molecular flexibility index (Phi) is 4.25. The molecule has 2 aliphatic rings. The van der Waals surface area contributed by atoms with Crippen molar-refractivity contribution in [2.45, 2.75) is 43.9 Å². The van der Waals surface area contributed by atoms with Crippen LogP contribution >= 0.6 is 0 Å². The highest BCUT2D eigenvalue weighted by Gasteiger charge is 2.36. The van der Waals surface area contributed by atoms with Gasteiger partial charge in [0.2, 0.25) is 0 Å². The minimum atomic E-state index is -0.206. The van der Waals surface area contributed by atoms with Crippen molar-refractivity contribution in [2.75, 3.05) is 13.1 Å². The summed E-state index contributed by atoms with van der Waals surface area (Å²) in [5.74, 6) is 0.0115. The van der Waals surface area contributed by atoms with E-state index in [4.69, 9.17) is 0 Å². The van der Waals surface area contributed by atoms with Crippen molar-refractivity contribution >= 4 is 16.7 Å². The lowest BCUT2D eigenvalue weighted by atomic mass is 10.1. The van der Waals surface area contributed by atoms with Gasteiger partial charge in [0.25, 0.3) is 5.91 Å². The fraction of sp³-hybridized carbons (Fsp3) is 0.450. The lowest BCUT2D eigenvalue weighted by molar-refractivity contribution is 0.0906. The van der Waals surface area contributed by atoms with Crippen molar-refractivity contribution in [1.82, 2.24) is 10.2 Å². The normalized spacial score (nSPS) is 27.6. The van der Waals surface area contributed by atoms with Gasteiger partial charge in [-0.15, -0.1) is 0 Å². The van der Waals surface area contributed by atoms with Gasteiger partial charge >= 0.3 is 0 Å².